The molecule has 1 fully saturated rings. The fourth-order valence-corrected chi connectivity index (χ4v) is 2.19. The number of nitrogens with zero attached hydrogens (tertiary/aromatic N) is 2. The molecule has 0 amide bonds. The van der Waals surface area contributed by atoms with Crippen molar-refractivity contribution in [3.63, 3.8) is 0 Å². The molecular formula is C14H16N2O2. The number of phenolic OH excluding ortho intramolecular Hbond substituents is 1. The van der Waals surface area contributed by atoms with Gasteiger partial charge in [0, 0.05) is 5.92 Å². The monoisotopic (exact) mass is 244 g/mol. The summed E-state index contributed by atoms with van der Waals surface area (Å²) < 4.78 is 5.33. The zero-order valence-corrected chi connectivity index (χ0v) is 10.3. The smallest absolute Gasteiger partial charge is 0.233 e. The minimum atomic E-state index is 0.0124. The first-order valence-corrected chi connectivity index (χ1v) is 6.36. The Morgan fingerprint density at radius 1 is 1.39 bits per heavy atom. The van der Waals surface area contributed by atoms with Gasteiger partial charge in [0.15, 0.2) is 5.82 Å². The highest BCUT2D eigenvalue weighted by molar-refractivity contribution is 5.31. The van der Waals surface area contributed by atoms with Gasteiger partial charge in [0.1, 0.15) is 5.75 Å². The van der Waals surface area contributed by atoms with Gasteiger partial charge in [0.25, 0.3) is 0 Å². The van der Waals surface area contributed by atoms with Crippen molar-refractivity contribution in [2.75, 3.05) is 0 Å². The van der Waals surface area contributed by atoms with Crippen LogP contribution in [0, 0.1) is 0 Å². The van der Waals surface area contributed by atoms with Crippen LogP contribution in [-0.4, -0.2) is 15.2 Å². The zero-order valence-electron chi connectivity index (χ0n) is 10.3. The van der Waals surface area contributed by atoms with Crippen molar-refractivity contribution in [2.24, 2.45) is 0 Å². The maximum absolute atomic E-state index is 9.48. The summed E-state index contributed by atoms with van der Waals surface area (Å²) in [6, 6.07) is 7.17. The first-order chi connectivity index (χ1) is 8.74. The van der Waals surface area contributed by atoms with Gasteiger partial charge >= 0.3 is 0 Å². The van der Waals surface area contributed by atoms with Crippen LogP contribution in [0.4, 0.5) is 0 Å². The largest absolute Gasteiger partial charge is 0.508 e. The second-order valence-electron chi connectivity index (χ2n) is 4.94. The van der Waals surface area contributed by atoms with Gasteiger partial charge < -0.3 is 9.63 Å². The summed E-state index contributed by atoms with van der Waals surface area (Å²) >= 11 is 0. The van der Waals surface area contributed by atoms with E-state index in [4.69, 9.17) is 4.52 Å². The molecular weight excluding hydrogens is 228 g/mol. The summed E-state index contributed by atoms with van der Waals surface area (Å²) in [5.74, 6) is 2.22. The molecule has 0 unspecified atom stereocenters. The number of phenols is 1. The minimum Gasteiger partial charge on any atom is -0.508 e. The third-order valence-corrected chi connectivity index (χ3v) is 3.67. The molecule has 1 aromatic heterocycles. The first kappa shape index (κ1) is 11.3. The van der Waals surface area contributed by atoms with Crippen LogP contribution in [0.3, 0.4) is 0 Å². The molecule has 0 saturated heterocycles. The zero-order chi connectivity index (χ0) is 12.5. The first-order valence-electron chi connectivity index (χ1n) is 6.36. The number of benzene rings is 1. The maximum atomic E-state index is 9.48. The lowest BCUT2D eigenvalue weighted by Gasteiger charge is -2.21. The molecule has 0 aliphatic heterocycles. The van der Waals surface area contributed by atoms with E-state index in [1.165, 1.54) is 19.3 Å². The lowest BCUT2D eigenvalue weighted by molar-refractivity contribution is 0.343. The average molecular weight is 244 g/mol. The van der Waals surface area contributed by atoms with Gasteiger partial charge in [-0.2, -0.15) is 4.98 Å². The van der Waals surface area contributed by atoms with E-state index in [1.807, 2.05) is 19.1 Å². The van der Waals surface area contributed by atoms with E-state index in [0.717, 1.165) is 11.4 Å². The van der Waals surface area contributed by atoms with Crippen molar-refractivity contribution >= 4 is 0 Å². The van der Waals surface area contributed by atoms with Gasteiger partial charge in [0.2, 0.25) is 5.89 Å². The molecule has 2 aromatic rings. The van der Waals surface area contributed by atoms with Crippen LogP contribution in [0.1, 0.15) is 55.3 Å². The lowest BCUT2D eigenvalue weighted by atomic mass is 9.85. The molecule has 1 atom stereocenters. The molecule has 3 rings (SSSR count). The number of hydrogen-bond acceptors (Lipinski definition) is 4. The van der Waals surface area contributed by atoms with Crippen LogP contribution in [0.25, 0.3) is 0 Å². The van der Waals surface area contributed by atoms with E-state index in [1.54, 1.807) is 12.1 Å². The predicted molar refractivity (Wildman–Crippen MR) is 66.5 cm³/mol. The number of rotatable bonds is 3. The molecule has 1 N–H and O–H groups in total. The Morgan fingerprint density at radius 2 is 2.22 bits per heavy atom. The molecule has 94 valence electrons. The summed E-state index contributed by atoms with van der Waals surface area (Å²) in [7, 11) is 0. The summed E-state index contributed by atoms with van der Waals surface area (Å²) in [6.45, 7) is 2.01. The van der Waals surface area contributed by atoms with Crippen molar-refractivity contribution in [3.05, 3.63) is 41.5 Å². The Morgan fingerprint density at radius 3 is 2.89 bits per heavy atom. The summed E-state index contributed by atoms with van der Waals surface area (Å²) in [5.41, 5.74) is 0.985. The molecule has 4 heteroatoms. The number of aromatic hydroxyl groups is 1. The summed E-state index contributed by atoms with van der Waals surface area (Å²) in [6.07, 6.45) is 3.59. The molecule has 4 nitrogen and oxygen atoms in total. The fourth-order valence-electron chi connectivity index (χ4n) is 2.19. The Balaban J connectivity index is 1.83. The second-order valence-corrected chi connectivity index (χ2v) is 4.94. The normalized spacial score (nSPS) is 17.4. The van der Waals surface area contributed by atoms with Crippen molar-refractivity contribution in [3.8, 4) is 5.75 Å². The van der Waals surface area contributed by atoms with Crippen LogP contribution in [0.2, 0.25) is 0 Å². The maximum Gasteiger partial charge on any atom is 0.233 e. The van der Waals surface area contributed by atoms with Crippen LogP contribution < -0.4 is 0 Å². The number of hydrogen-bond donors (Lipinski definition) is 1. The summed E-state index contributed by atoms with van der Waals surface area (Å²) in [4.78, 5) is 4.48. The van der Waals surface area contributed by atoms with E-state index in [0.29, 0.717) is 11.8 Å². The van der Waals surface area contributed by atoms with Gasteiger partial charge in [0.05, 0.1) is 5.92 Å². The highest BCUT2D eigenvalue weighted by Gasteiger charge is 2.26. The van der Waals surface area contributed by atoms with Crippen molar-refractivity contribution < 1.29 is 9.63 Å². The van der Waals surface area contributed by atoms with Crippen LogP contribution in [-0.2, 0) is 0 Å². The van der Waals surface area contributed by atoms with Gasteiger partial charge in [-0.1, -0.05) is 23.7 Å². The lowest BCUT2D eigenvalue weighted by Crippen LogP contribution is -2.10. The Hall–Kier alpha value is -1.84. The van der Waals surface area contributed by atoms with Gasteiger partial charge in [-0.05, 0) is 37.5 Å². The quantitative estimate of drug-likeness (QED) is 0.900. The van der Waals surface area contributed by atoms with Gasteiger partial charge in [-0.15, -0.1) is 0 Å². The van der Waals surface area contributed by atoms with E-state index in [9.17, 15) is 5.11 Å². The molecule has 1 aliphatic carbocycles. The van der Waals surface area contributed by atoms with Crippen molar-refractivity contribution in [1.82, 2.24) is 10.1 Å². The molecule has 18 heavy (non-hydrogen) atoms. The Bertz CT molecular complexity index is 546. The van der Waals surface area contributed by atoms with Crippen molar-refractivity contribution in [2.45, 2.75) is 38.0 Å². The molecule has 0 bridgehead atoms. The Kier molecular flexibility index (Phi) is 2.78. The topological polar surface area (TPSA) is 59.2 Å². The summed E-state index contributed by atoms with van der Waals surface area (Å²) in [5, 5.41) is 13.5. The van der Waals surface area contributed by atoms with Crippen LogP contribution in [0.5, 0.6) is 5.75 Å². The molecule has 1 aliphatic rings. The molecule has 1 aromatic carbocycles. The third-order valence-electron chi connectivity index (χ3n) is 3.67. The second kappa shape index (κ2) is 4.44. The van der Waals surface area contributed by atoms with Crippen molar-refractivity contribution in [1.29, 1.82) is 0 Å². The SMILES string of the molecule is C[C@H](c1cccc(O)c1)c1nc(C2CCC2)no1. The predicted octanol–water partition coefficient (Wildman–Crippen LogP) is 3.19. The highest BCUT2D eigenvalue weighted by Crippen LogP contribution is 2.35. The molecule has 0 radical (unpaired) electrons. The standard InChI is InChI=1S/C14H16N2O2/c1-9(11-6-3-7-12(17)8-11)14-15-13(16-18-14)10-4-2-5-10/h3,6-10,17H,2,4-5H2,1H3/t9-/m1/s1. The molecule has 0 spiro atoms. The average Bonchev–Trinajstić information content (AvgIpc) is 2.75. The van der Waals surface area contributed by atoms with Gasteiger partial charge in [-0.25, -0.2) is 0 Å². The fraction of sp³-hybridized carbons (Fsp3) is 0.429. The van der Waals surface area contributed by atoms with E-state index >= 15 is 0 Å². The highest BCUT2D eigenvalue weighted by atomic mass is 16.5. The Labute approximate surface area is 106 Å². The van der Waals surface area contributed by atoms with Crippen LogP contribution in [0.15, 0.2) is 28.8 Å². The minimum absolute atomic E-state index is 0.0124. The molecule has 1 saturated carbocycles. The van der Waals surface area contributed by atoms with E-state index in [2.05, 4.69) is 10.1 Å². The van der Waals surface area contributed by atoms with E-state index in [-0.39, 0.29) is 11.7 Å². The number of aromatic nitrogens is 2. The van der Waals surface area contributed by atoms with Crippen LogP contribution >= 0.6 is 0 Å². The molecule has 1 heterocycles. The third kappa shape index (κ3) is 1.98. The van der Waals surface area contributed by atoms with E-state index < -0.39 is 0 Å². The van der Waals surface area contributed by atoms with Gasteiger partial charge in [-0.3, -0.25) is 0 Å².